The minimum absolute atomic E-state index is 0.0345. The Morgan fingerprint density at radius 1 is 1.13 bits per heavy atom. The lowest BCUT2D eigenvalue weighted by Gasteiger charge is -2.31. The molecule has 0 aliphatic heterocycles. The molecule has 1 aromatic rings. The van der Waals surface area contributed by atoms with E-state index in [1.54, 1.807) is 13.8 Å². The maximum Gasteiger partial charge on any atom is 0.254 e. The fraction of sp³-hybridized carbons (Fsp3) is 0.556. The zero-order valence-electron chi connectivity index (χ0n) is 13.6. The maximum absolute atomic E-state index is 13.8. The van der Waals surface area contributed by atoms with Gasteiger partial charge in [0.15, 0.2) is 5.78 Å². The van der Waals surface area contributed by atoms with Crippen LogP contribution in [0.15, 0.2) is 18.2 Å². The Labute approximate surface area is 135 Å². The van der Waals surface area contributed by atoms with E-state index in [-0.39, 0.29) is 23.2 Å². The summed E-state index contributed by atoms with van der Waals surface area (Å²) in [6.07, 6.45) is 4.98. The molecule has 1 aliphatic rings. The molecule has 1 aliphatic carbocycles. The van der Waals surface area contributed by atoms with Crippen molar-refractivity contribution >= 4 is 11.7 Å². The van der Waals surface area contributed by atoms with Crippen LogP contribution in [-0.4, -0.2) is 17.7 Å². The molecule has 1 N–H and O–H groups in total. The molecule has 0 heterocycles. The second kappa shape index (κ2) is 7.66. The molecular weight excluding hydrogens is 300 g/mol. The topological polar surface area (TPSA) is 46.2 Å². The van der Waals surface area contributed by atoms with Crippen LogP contribution in [0.5, 0.6) is 0 Å². The average Bonchev–Trinajstić information content (AvgIpc) is 2.52. The summed E-state index contributed by atoms with van der Waals surface area (Å²) in [5.41, 5.74) is -0.233. The molecule has 1 unspecified atom stereocenters. The van der Waals surface area contributed by atoms with Crippen molar-refractivity contribution in [2.45, 2.75) is 52.0 Å². The normalized spacial score (nSPS) is 17.1. The summed E-state index contributed by atoms with van der Waals surface area (Å²) < 4.78 is 26.7. The zero-order chi connectivity index (χ0) is 17.0. The van der Waals surface area contributed by atoms with Crippen molar-refractivity contribution in [1.82, 2.24) is 5.32 Å². The fourth-order valence-electron chi connectivity index (χ4n) is 3.14. The Bertz CT molecular complexity index is 580. The van der Waals surface area contributed by atoms with Crippen molar-refractivity contribution in [2.24, 2.45) is 11.8 Å². The summed E-state index contributed by atoms with van der Waals surface area (Å²) in [6, 6.07) is 2.22. The summed E-state index contributed by atoms with van der Waals surface area (Å²) in [5, 5.41) is 2.69. The Morgan fingerprint density at radius 3 is 2.35 bits per heavy atom. The van der Waals surface area contributed by atoms with E-state index in [1.165, 1.54) is 0 Å². The van der Waals surface area contributed by atoms with Gasteiger partial charge < -0.3 is 5.32 Å². The number of benzene rings is 1. The second-order valence-electron chi connectivity index (χ2n) is 6.53. The summed E-state index contributed by atoms with van der Waals surface area (Å²) in [5.74, 6) is -2.46. The van der Waals surface area contributed by atoms with Crippen LogP contribution in [0.3, 0.4) is 0 Å². The van der Waals surface area contributed by atoms with Gasteiger partial charge in [-0.25, -0.2) is 8.78 Å². The van der Waals surface area contributed by atoms with Gasteiger partial charge >= 0.3 is 0 Å². The summed E-state index contributed by atoms with van der Waals surface area (Å²) >= 11 is 0. The molecule has 0 bridgehead atoms. The third-order valence-electron chi connectivity index (χ3n) is 4.46. The van der Waals surface area contributed by atoms with E-state index in [4.69, 9.17) is 0 Å². The molecule has 3 nitrogen and oxygen atoms in total. The number of carbonyl (C=O) groups is 2. The van der Waals surface area contributed by atoms with Crippen molar-refractivity contribution in [3.8, 4) is 0 Å². The third-order valence-corrected chi connectivity index (χ3v) is 4.46. The average molecular weight is 323 g/mol. The van der Waals surface area contributed by atoms with Crippen LogP contribution in [0.25, 0.3) is 0 Å². The Hall–Kier alpha value is -1.78. The van der Waals surface area contributed by atoms with Gasteiger partial charge in [-0.15, -0.1) is 0 Å². The van der Waals surface area contributed by atoms with Gasteiger partial charge in [-0.1, -0.05) is 33.1 Å². The van der Waals surface area contributed by atoms with Crippen LogP contribution in [0.1, 0.15) is 56.3 Å². The van der Waals surface area contributed by atoms with E-state index in [9.17, 15) is 18.4 Å². The molecule has 1 saturated carbocycles. The van der Waals surface area contributed by atoms with Crippen molar-refractivity contribution in [3.63, 3.8) is 0 Å². The van der Waals surface area contributed by atoms with Crippen LogP contribution in [0.2, 0.25) is 0 Å². The van der Waals surface area contributed by atoms with Gasteiger partial charge in [-0.05, 0) is 30.9 Å². The molecule has 0 spiro atoms. The number of halogens is 2. The van der Waals surface area contributed by atoms with Crippen LogP contribution in [0, 0.1) is 23.5 Å². The van der Waals surface area contributed by atoms with E-state index < -0.39 is 23.6 Å². The molecule has 1 atom stereocenters. The number of nitrogens with one attached hydrogen (secondary N) is 1. The minimum atomic E-state index is -0.915. The first-order chi connectivity index (χ1) is 10.9. The highest BCUT2D eigenvalue weighted by Crippen LogP contribution is 2.28. The van der Waals surface area contributed by atoms with E-state index in [0.717, 1.165) is 44.2 Å². The Balaban J connectivity index is 2.18. The second-order valence-corrected chi connectivity index (χ2v) is 6.53. The molecule has 1 amide bonds. The first-order valence-corrected chi connectivity index (χ1v) is 8.19. The maximum atomic E-state index is 13.8. The van der Waals surface area contributed by atoms with Gasteiger partial charge in [0.1, 0.15) is 11.6 Å². The summed E-state index contributed by atoms with van der Waals surface area (Å²) in [6.45, 7) is 3.59. The lowest BCUT2D eigenvalue weighted by atomic mass is 9.80. The van der Waals surface area contributed by atoms with Crippen LogP contribution < -0.4 is 5.32 Å². The molecule has 1 fully saturated rings. The van der Waals surface area contributed by atoms with Gasteiger partial charge in [0, 0.05) is 12.0 Å². The highest BCUT2D eigenvalue weighted by molar-refractivity contribution is 5.98. The quantitative estimate of drug-likeness (QED) is 0.894. The van der Waals surface area contributed by atoms with Crippen LogP contribution in [-0.2, 0) is 4.79 Å². The highest BCUT2D eigenvalue weighted by atomic mass is 19.1. The Kier molecular flexibility index (Phi) is 5.85. The Morgan fingerprint density at radius 2 is 1.78 bits per heavy atom. The molecule has 0 aromatic heterocycles. The van der Waals surface area contributed by atoms with Gasteiger partial charge in [0.25, 0.3) is 5.91 Å². The largest absolute Gasteiger partial charge is 0.342 e. The van der Waals surface area contributed by atoms with Crippen molar-refractivity contribution in [2.75, 3.05) is 0 Å². The number of ketones is 1. The third kappa shape index (κ3) is 4.36. The van der Waals surface area contributed by atoms with Crippen molar-refractivity contribution in [3.05, 3.63) is 35.4 Å². The molecule has 1 aromatic carbocycles. The molecular formula is C18H23F2NO2. The standard InChI is InChI=1S/C18H23F2NO2/c1-11(2)17(22)16(12-6-4-3-5-7-12)21-18(23)14-9-8-13(19)10-15(14)20/h8-12,16H,3-7H2,1-2H3,(H,21,23). The zero-order valence-corrected chi connectivity index (χ0v) is 13.6. The molecule has 0 radical (unpaired) electrons. The number of hydrogen-bond acceptors (Lipinski definition) is 2. The van der Waals surface area contributed by atoms with Crippen LogP contribution >= 0.6 is 0 Å². The van der Waals surface area contributed by atoms with Gasteiger partial charge in [0.2, 0.25) is 0 Å². The first-order valence-electron chi connectivity index (χ1n) is 8.19. The minimum Gasteiger partial charge on any atom is -0.342 e. The number of hydrogen-bond donors (Lipinski definition) is 1. The summed E-state index contributed by atoms with van der Waals surface area (Å²) in [4.78, 5) is 24.8. The van der Waals surface area contributed by atoms with Gasteiger partial charge in [0.05, 0.1) is 11.6 Å². The molecule has 126 valence electrons. The lowest BCUT2D eigenvalue weighted by molar-refractivity contribution is -0.125. The van der Waals surface area contributed by atoms with E-state index in [1.807, 2.05) is 0 Å². The smallest absolute Gasteiger partial charge is 0.254 e. The van der Waals surface area contributed by atoms with Gasteiger partial charge in [-0.2, -0.15) is 0 Å². The molecule has 0 saturated heterocycles. The summed E-state index contributed by atoms with van der Waals surface area (Å²) in [7, 11) is 0. The molecule has 5 heteroatoms. The van der Waals surface area contributed by atoms with E-state index in [0.29, 0.717) is 6.07 Å². The van der Waals surface area contributed by atoms with Crippen molar-refractivity contribution in [1.29, 1.82) is 0 Å². The predicted octanol–water partition coefficient (Wildman–Crippen LogP) is 3.87. The van der Waals surface area contributed by atoms with Crippen molar-refractivity contribution < 1.29 is 18.4 Å². The SMILES string of the molecule is CC(C)C(=O)C(NC(=O)c1ccc(F)cc1F)C1CCCCC1. The number of rotatable bonds is 5. The van der Waals surface area contributed by atoms with Crippen LogP contribution in [0.4, 0.5) is 8.78 Å². The number of Topliss-reactive ketones (excluding diaryl/α,β-unsaturated/α-hetero) is 1. The highest BCUT2D eigenvalue weighted by Gasteiger charge is 2.32. The van der Waals surface area contributed by atoms with E-state index >= 15 is 0 Å². The monoisotopic (exact) mass is 323 g/mol. The molecule has 23 heavy (non-hydrogen) atoms. The lowest BCUT2D eigenvalue weighted by Crippen LogP contribution is -2.48. The first kappa shape index (κ1) is 17.6. The number of carbonyl (C=O) groups excluding carboxylic acids is 2. The number of amides is 1. The molecule has 2 rings (SSSR count). The fourth-order valence-corrected chi connectivity index (χ4v) is 3.14. The van der Waals surface area contributed by atoms with E-state index in [2.05, 4.69) is 5.32 Å². The van der Waals surface area contributed by atoms with Gasteiger partial charge in [-0.3, -0.25) is 9.59 Å². The predicted molar refractivity (Wildman–Crippen MR) is 84.0 cm³/mol.